The third-order valence-electron chi connectivity index (χ3n) is 2.77. The first kappa shape index (κ1) is 17.8. The summed E-state index contributed by atoms with van der Waals surface area (Å²) in [6, 6.07) is 0. The largest absolute Gasteiger partial charge is 0.469 e. The number of hydrogen-bond acceptors (Lipinski definition) is 4. The number of rotatable bonds is 3. The van der Waals surface area contributed by atoms with E-state index in [4.69, 9.17) is 10.5 Å². The Morgan fingerprint density at radius 2 is 1.88 bits per heavy atom. The van der Waals surface area contributed by atoms with Crippen LogP contribution in [0.4, 0.5) is 0 Å². The molecule has 0 amide bonds. The maximum atomic E-state index is 11.2. The maximum absolute atomic E-state index is 11.2. The van der Waals surface area contributed by atoms with E-state index in [2.05, 4.69) is 4.74 Å². The van der Waals surface area contributed by atoms with Gasteiger partial charge in [-0.15, -0.1) is 0 Å². The SMILES string of the molecule is C.CC.COC(=O)[C@H]1CC(CN)[C@@H](OC)C1. The Morgan fingerprint density at radius 3 is 2.19 bits per heavy atom. The second-order valence-corrected chi connectivity index (χ2v) is 3.46. The smallest absolute Gasteiger partial charge is 0.308 e. The predicted molar refractivity (Wildman–Crippen MR) is 66.2 cm³/mol. The quantitative estimate of drug-likeness (QED) is 0.755. The van der Waals surface area contributed by atoms with Crippen LogP contribution in [0.15, 0.2) is 0 Å². The van der Waals surface area contributed by atoms with Gasteiger partial charge in [0.15, 0.2) is 0 Å². The van der Waals surface area contributed by atoms with Gasteiger partial charge in [0, 0.05) is 7.11 Å². The van der Waals surface area contributed by atoms with Crippen molar-refractivity contribution in [3.8, 4) is 0 Å². The zero-order valence-electron chi connectivity index (χ0n) is 10.2. The van der Waals surface area contributed by atoms with E-state index in [0.717, 1.165) is 12.8 Å². The first-order valence-corrected chi connectivity index (χ1v) is 5.53. The van der Waals surface area contributed by atoms with Crippen molar-refractivity contribution in [2.24, 2.45) is 17.6 Å². The fourth-order valence-electron chi connectivity index (χ4n) is 1.98. The highest BCUT2D eigenvalue weighted by molar-refractivity contribution is 5.72. The van der Waals surface area contributed by atoms with E-state index >= 15 is 0 Å². The second-order valence-electron chi connectivity index (χ2n) is 3.46. The van der Waals surface area contributed by atoms with Crippen molar-refractivity contribution in [1.82, 2.24) is 0 Å². The number of nitrogens with two attached hydrogens (primary N) is 1. The number of ether oxygens (including phenoxy) is 2. The topological polar surface area (TPSA) is 61.5 Å². The minimum absolute atomic E-state index is 0. The lowest BCUT2D eigenvalue weighted by Gasteiger charge is -2.14. The van der Waals surface area contributed by atoms with Gasteiger partial charge >= 0.3 is 5.97 Å². The van der Waals surface area contributed by atoms with Crippen LogP contribution >= 0.6 is 0 Å². The highest BCUT2D eigenvalue weighted by Gasteiger charge is 2.37. The van der Waals surface area contributed by atoms with Crippen LogP contribution in [0.5, 0.6) is 0 Å². The van der Waals surface area contributed by atoms with E-state index in [1.807, 2.05) is 13.8 Å². The van der Waals surface area contributed by atoms with E-state index in [9.17, 15) is 4.79 Å². The minimum atomic E-state index is -0.141. The molecule has 0 radical (unpaired) electrons. The van der Waals surface area contributed by atoms with Crippen LogP contribution in [0.3, 0.4) is 0 Å². The maximum Gasteiger partial charge on any atom is 0.308 e. The van der Waals surface area contributed by atoms with Crippen molar-refractivity contribution < 1.29 is 14.3 Å². The van der Waals surface area contributed by atoms with Crippen molar-refractivity contribution in [3.63, 3.8) is 0 Å². The van der Waals surface area contributed by atoms with Gasteiger partial charge in [0.1, 0.15) is 0 Å². The van der Waals surface area contributed by atoms with E-state index in [1.54, 1.807) is 7.11 Å². The molecule has 0 heterocycles. The van der Waals surface area contributed by atoms with Gasteiger partial charge in [-0.3, -0.25) is 4.79 Å². The first-order chi connectivity index (χ1) is 7.22. The molecule has 1 fully saturated rings. The number of methoxy groups -OCH3 is 2. The summed E-state index contributed by atoms with van der Waals surface area (Å²) < 4.78 is 9.94. The van der Waals surface area contributed by atoms with Gasteiger partial charge in [0.05, 0.1) is 19.1 Å². The average Bonchev–Trinajstić information content (AvgIpc) is 2.73. The molecular formula is C12H27NO3. The molecular weight excluding hydrogens is 206 g/mol. The molecule has 1 rings (SSSR count). The first-order valence-electron chi connectivity index (χ1n) is 5.53. The summed E-state index contributed by atoms with van der Waals surface area (Å²) >= 11 is 0. The van der Waals surface area contributed by atoms with Crippen LogP contribution in [0, 0.1) is 11.8 Å². The Hall–Kier alpha value is -0.610. The molecule has 0 saturated heterocycles. The van der Waals surface area contributed by atoms with E-state index in [0.29, 0.717) is 12.5 Å². The van der Waals surface area contributed by atoms with Crippen molar-refractivity contribution in [3.05, 3.63) is 0 Å². The van der Waals surface area contributed by atoms with Gasteiger partial charge in [-0.25, -0.2) is 0 Å². The molecule has 0 aromatic heterocycles. The monoisotopic (exact) mass is 233 g/mol. The molecule has 4 nitrogen and oxygen atoms in total. The van der Waals surface area contributed by atoms with Crippen molar-refractivity contribution in [2.45, 2.75) is 40.2 Å². The average molecular weight is 233 g/mol. The molecule has 1 saturated carbocycles. The Bertz CT molecular complexity index is 173. The van der Waals surface area contributed by atoms with E-state index in [-0.39, 0.29) is 25.4 Å². The van der Waals surface area contributed by atoms with Gasteiger partial charge in [-0.2, -0.15) is 0 Å². The molecule has 4 heteroatoms. The van der Waals surface area contributed by atoms with Crippen LogP contribution in [-0.2, 0) is 14.3 Å². The zero-order valence-corrected chi connectivity index (χ0v) is 10.2. The fraction of sp³-hybridized carbons (Fsp3) is 0.917. The summed E-state index contributed by atoms with van der Waals surface area (Å²) in [7, 11) is 3.08. The number of hydrogen-bond donors (Lipinski definition) is 1. The Labute approximate surface area is 99.5 Å². The van der Waals surface area contributed by atoms with Crippen LogP contribution in [0.2, 0.25) is 0 Å². The van der Waals surface area contributed by atoms with E-state index < -0.39 is 0 Å². The summed E-state index contributed by atoms with van der Waals surface area (Å²) in [5.41, 5.74) is 5.57. The summed E-state index contributed by atoms with van der Waals surface area (Å²) in [4.78, 5) is 11.2. The zero-order chi connectivity index (χ0) is 11.8. The molecule has 2 N–H and O–H groups in total. The molecule has 0 spiro atoms. The molecule has 1 aliphatic rings. The number of esters is 1. The molecule has 1 aliphatic carbocycles. The van der Waals surface area contributed by atoms with Gasteiger partial charge in [0.25, 0.3) is 0 Å². The summed E-state index contributed by atoms with van der Waals surface area (Å²) in [5, 5.41) is 0. The molecule has 3 atom stereocenters. The van der Waals surface area contributed by atoms with Crippen molar-refractivity contribution in [1.29, 1.82) is 0 Å². The Morgan fingerprint density at radius 1 is 1.31 bits per heavy atom. The van der Waals surface area contributed by atoms with Gasteiger partial charge < -0.3 is 15.2 Å². The molecule has 0 aliphatic heterocycles. The lowest BCUT2D eigenvalue weighted by Crippen LogP contribution is -2.23. The third-order valence-corrected chi connectivity index (χ3v) is 2.77. The van der Waals surface area contributed by atoms with Gasteiger partial charge in [-0.05, 0) is 25.3 Å². The van der Waals surface area contributed by atoms with E-state index in [1.165, 1.54) is 7.11 Å². The normalized spacial score (nSPS) is 27.4. The second kappa shape index (κ2) is 9.60. The van der Waals surface area contributed by atoms with Crippen molar-refractivity contribution >= 4 is 5.97 Å². The molecule has 0 aromatic carbocycles. The fourth-order valence-corrected chi connectivity index (χ4v) is 1.98. The molecule has 98 valence electrons. The van der Waals surface area contributed by atoms with Crippen LogP contribution in [-0.4, -0.2) is 32.8 Å². The van der Waals surface area contributed by atoms with Crippen LogP contribution in [0.1, 0.15) is 34.1 Å². The minimum Gasteiger partial charge on any atom is -0.469 e. The van der Waals surface area contributed by atoms with Crippen LogP contribution < -0.4 is 5.73 Å². The predicted octanol–water partition coefficient (Wildman–Crippen LogP) is 1.82. The number of carbonyl (C=O) groups is 1. The molecule has 1 unspecified atom stereocenters. The standard InChI is InChI=1S/C9H17NO3.C2H6.CH4/c1-12-8-4-6(9(11)13-2)3-7(8)5-10;1-2;/h6-8H,3-5,10H2,1-2H3;1-2H3;1H4/t6-,7?,8-;;/m0../s1. The molecule has 16 heavy (non-hydrogen) atoms. The number of carbonyl (C=O) groups excluding carboxylic acids is 1. The highest BCUT2D eigenvalue weighted by Crippen LogP contribution is 2.33. The summed E-state index contributed by atoms with van der Waals surface area (Å²) in [5.74, 6) is 0.135. The van der Waals surface area contributed by atoms with Gasteiger partial charge in [0.2, 0.25) is 0 Å². The Kier molecular flexibility index (Phi) is 10.7. The lowest BCUT2D eigenvalue weighted by molar-refractivity contribution is -0.145. The summed E-state index contributed by atoms with van der Waals surface area (Å²) in [6.45, 7) is 4.58. The van der Waals surface area contributed by atoms with Gasteiger partial charge in [-0.1, -0.05) is 21.3 Å². The highest BCUT2D eigenvalue weighted by atomic mass is 16.5. The summed E-state index contributed by atoms with van der Waals surface area (Å²) in [6.07, 6.45) is 1.65. The van der Waals surface area contributed by atoms with Crippen molar-refractivity contribution in [2.75, 3.05) is 20.8 Å². The third kappa shape index (κ3) is 4.49. The Balaban J connectivity index is 0. The molecule has 0 bridgehead atoms. The molecule has 0 aromatic rings. The van der Waals surface area contributed by atoms with Crippen LogP contribution in [0.25, 0.3) is 0 Å². The lowest BCUT2D eigenvalue weighted by atomic mass is 10.1.